The van der Waals surface area contributed by atoms with Gasteiger partial charge < -0.3 is 9.30 Å². The highest BCUT2D eigenvalue weighted by atomic mass is 16.6. The number of fused-ring (bicyclic) bond motifs is 1. The predicted molar refractivity (Wildman–Crippen MR) is 120 cm³/mol. The van der Waals surface area contributed by atoms with Crippen molar-refractivity contribution in [1.82, 2.24) is 9.58 Å². The lowest BCUT2D eigenvalue weighted by Gasteiger charge is -2.37. The third kappa shape index (κ3) is 3.18. The Morgan fingerprint density at radius 1 is 1.09 bits per heavy atom. The van der Waals surface area contributed by atoms with Gasteiger partial charge in [0.1, 0.15) is 5.75 Å². The third-order valence-corrected chi connectivity index (χ3v) is 7.13. The Kier molecular flexibility index (Phi) is 4.92. The highest BCUT2D eigenvalue weighted by Gasteiger charge is 2.56. The fraction of sp³-hybridized carbons (Fsp3) is 0.375. The van der Waals surface area contributed by atoms with Crippen LogP contribution >= 0.6 is 0 Å². The summed E-state index contributed by atoms with van der Waals surface area (Å²) in [5.74, 6) is -0.415. The topological polar surface area (TPSA) is 107 Å². The molecule has 0 N–H and O–H groups in total. The lowest BCUT2D eigenvalue weighted by molar-refractivity contribution is -0.384. The number of amides is 2. The zero-order chi connectivity index (χ0) is 23.4. The average molecular weight is 448 g/mol. The van der Waals surface area contributed by atoms with E-state index in [4.69, 9.17) is 4.74 Å². The first-order valence-corrected chi connectivity index (χ1v) is 10.9. The molecule has 2 aromatic rings. The molecule has 33 heavy (non-hydrogen) atoms. The SMILES string of the molecule is COc1cc([N+](=O)[O-])ccc1-n1c(C)cc(/C=N\N2C(=O)[C@@H]3[C@H](C2=O)[C@H]2C=C[C@H]3CC2)c1C. The maximum absolute atomic E-state index is 13.0. The molecular formula is C24H24N4O5. The highest BCUT2D eigenvalue weighted by Crippen LogP contribution is 2.49. The molecule has 1 aromatic heterocycles. The van der Waals surface area contributed by atoms with Crippen LogP contribution < -0.4 is 4.74 Å². The molecule has 2 fully saturated rings. The summed E-state index contributed by atoms with van der Waals surface area (Å²) in [5, 5.41) is 16.5. The number of nitro benzene ring substituents is 1. The molecule has 2 bridgehead atoms. The van der Waals surface area contributed by atoms with Gasteiger partial charge in [0, 0.05) is 23.0 Å². The molecule has 9 heteroatoms. The van der Waals surface area contributed by atoms with Crippen LogP contribution in [-0.2, 0) is 9.59 Å². The first kappa shape index (κ1) is 21.1. The second-order valence-electron chi connectivity index (χ2n) is 8.85. The Bertz CT molecular complexity index is 1210. The molecule has 2 amide bonds. The number of nitrogens with zero attached hydrogens (tertiary/aromatic N) is 4. The first-order chi connectivity index (χ1) is 15.8. The number of allylic oxidation sites excluding steroid dienone is 2. The molecule has 170 valence electrons. The number of nitro groups is 1. The van der Waals surface area contributed by atoms with Gasteiger partial charge in [-0.15, -0.1) is 0 Å². The van der Waals surface area contributed by atoms with Gasteiger partial charge in [-0.2, -0.15) is 10.1 Å². The van der Waals surface area contributed by atoms with Crippen molar-refractivity contribution in [2.75, 3.05) is 7.11 Å². The quantitative estimate of drug-likeness (QED) is 0.229. The van der Waals surface area contributed by atoms with E-state index >= 15 is 0 Å². The van der Waals surface area contributed by atoms with E-state index in [9.17, 15) is 19.7 Å². The summed E-state index contributed by atoms with van der Waals surface area (Å²) in [5.41, 5.74) is 3.00. The van der Waals surface area contributed by atoms with Gasteiger partial charge in [-0.25, -0.2) is 0 Å². The normalized spacial score (nSPS) is 25.8. The number of benzene rings is 1. The fourth-order valence-corrected chi connectivity index (χ4v) is 5.55. The zero-order valence-corrected chi connectivity index (χ0v) is 18.6. The van der Waals surface area contributed by atoms with Gasteiger partial charge in [-0.05, 0) is 50.7 Å². The van der Waals surface area contributed by atoms with Crippen molar-refractivity contribution in [2.45, 2.75) is 26.7 Å². The van der Waals surface area contributed by atoms with E-state index in [1.165, 1.54) is 19.2 Å². The molecule has 1 aliphatic heterocycles. The van der Waals surface area contributed by atoms with Crippen LogP contribution in [-0.4, -0.2) is 39.6 Å². The molecule has 3 aliphatic carbocycles. The monoisotopic (exact) mass is 448 g/mol. The molecule has 4 aliphatic rings. The average Bonchev–Trinajstić information content (AvgIpc) is 3.25. The van der Waals surface area contributed by atoms with E-state index in [2.05, 4.69) is 17.3 Å². The van der Waals surface area contributed by atoms with Gasteiger partial charge in [-0.3, -0.25) is 19.7 Å². The van der Waals surface area contributed by atoms with E-state index < -0.39 is 4.92 Å². The van der Waals surface area contributed by atoms with E-state index in [1.807, 2.05) is 24.5 Å². The van der Waals surface area contributed by atoms with Gasteiger partial charge in [0.05, 0.1) is 41.8 Å². The number of imide groups is 1. The van der Waals surface area contributed by atoms with Crippen molar-refractivity contribution < 1.29 is 19.2 Å². The van der Waals surface area contributed by atoms with Gasteiger partial charge in [0.25, 0.3) is 17.5 Å². The van der Waals surface area contributed by atoms with Crippen LogP contribution in [0.4, 0.5) is 5.69 Å². The smallest absolute Gasteiger partial charge is 0.273 e. The standard InChI is InChI=1S/C24H24N4O5/c1-13-10-17(14(2)26(13)19-9-8-18(28(31)32)11-20(19)33-3)12-25-27-23(29)21-15-4-5-16(7-6-15)22(21)24(27)30/h4-5,8-12,15-16,21-22H,6-7H2,1-3H3/b25-12-/t15-,16-,21-,22+/m0/s1. The Morgan fingerprint density at radius 2 is 1.73 bits per heavy atom. The lowest BCUT2D eigenvalue weighted by atomic mass is 9.63. The summed E-state index contributed by atoms with van der Waals surface area (Å²) in [6.07, 6.45) is 7.59. The van der Waals surface area contributed by atoms with Gasteiger partial charge in [0.2, 0.25) is 0 Å². The molecule has 0 unspecified atom stereocenters. The third-order valence-electron chi connectivity index (χ3n) is 7.13. The van der Waals surface area contributed by atoms with Crippen molar-refractivity contribution >= 4 is 23.7 Å². The Labute approximate surface area is 190 Å². The Hall–Kier alpha value is -3.75. The Morgan fingerprint density at radius 3 is 2.27 bits per heavy atom. The number of methoxy groups -OCH3 is 1. The van der Waals surface area contributed by atoms with Gasteiger partial charge >= 0.3 is 0 Å². The number of carbonyl (C=O) groups is 2. The Balaban J connectivity index is 1.46. The molecule has 0 radical (unpaired) electrons. The van der Waals surface area contributed by atoms with Crippen LogP contribution in [0.25, 0.3) is 5.69 Å². The lowest BCUT2D eigenvalue weighted by Crippen LogP contribution is -2.38. The minimum atomic E-state index is -0.469. The predicted octanol–water partition coefficient (Wildman–Crippen LogP) is 3.54. The maximum atomic E-state index is 13.0. The van der Waals surface area contributed by atoms with E-state index in [1.54, 1.807) is 12.3 Å². The van der Waals surface area contributed by atoms with Crippen molar-refractivity contribution in [3.63, 3.8) is 0 Å². The molecule has 0 spiro atoms. The summed E-state index contributed by atoms with van der Waals surface area (Å²) in [4.78, 5) is 36.6. The number of aryl methyl sites for hydroxylation is 1. The number of aromatic nitrogens is 1. The molecule has 6 rings (SSSR count). The first-order valence-electron chi connectivity index (χ1n) is 10.9. The summed E-state index contributed by atoms with van der Waals surface area (Å²) in [6, 6.07) is 6.34. The number of rotatable bonds is 5. The second-order valence-corrected chi connectivity index (χ2v) is 8.85. The number of ether oxygens (including phenoxy) is 1. The van der Waals surface area contributed by atoms with Crippen molar-refractivity contribution in [1.29, 1.82) is 0 Å². The van der Waals surface area contributed by atoms with Crippen LogP contribution in [0.2, 0.25) is 0 Å². The van der Waals surface area contributed by atoms with Crippen LogP contribution in [0.5, 0.6) is 5.75 Å². The number of hydrogen-bond donors (Lipinski definition) is 0. The minimum absolute atomic E-state index is 0.0594. The molecule has 1 saturated heterocycles. The van der Waals surface area contributed by atoms with Crippen molar-refractivity contribution in [3.8, 4) is 11.4 Å². The summed E-state index contributed by atoms with van der Waals surface area (Å²) < 4.78 is 7.30. The second kappa shape index (κ2) is 7.68. The number of hydrogen-bond acceptors (Lipinski definition) is 6. The van der Waals surface area contributed by atoms with E-state index in [0.717, 1.165) is 34.8 Å². The van der Waals surface area contributed by atoms with Gasteiger partial charge in [-0.1, -0.05) is 12.2 Å². The molecule has 9 nitrogen and oxygen atoms in total. The minimum Gasteiger partial charge on any atom is -0.494 e. The maximum Gasteiger partial charge on any atom is 0.273 e. The van der Waals surface area contributed by atoms with Crippen molar-refractivity contribution in [3.05, 3.63) is 63.5 Å². The number of carbonyl (C=O) groups excluding carboxylic acids is 2. The summed E-state index contributed by atoms with van der Waals surface area (Å²) in [6.45, 7) is 3.78. The summed E-state index contributed by atoms with van der Waals surface area (Å²) >= 11 is 0. The van der Waals surface area contributed by atoms with E-state index in [0.29, 0.717) is 11.4 Å². The molecule has 4 atom stereocenters. The van der Waals surface area contributed by atoms with Crippen LogP contribution in [0.15, 0.2) is 41.5 Å². The largest absolute Gasteiger partial charge is 0.494 e. The summed E-state index contributed by atoms with van der Waals surface area (Å²) in [7, 11) is 1.46. The number of hydrazone groups is 1. The fourth-order valence-electron chi connectivity index (χ4n) is 5.55. The van der Waals surface area contributed by atoms with Crippen LogP contribution in [0, 0.1) is 47.6 Å². The van der Waals surface area contributed by atoms with Crippen LogP contribution in [0.3, 0.4) is 0 Å². The molecular weight excluding hydrogens is 424 g/mol. The molecule has 1 saturated carbocycles. The molecule has 2 heterocycles. The van der Waals surface area contributed by atoms with E-state index in [-0.39, 0.29) is 41.2 Å². The number of non-ortho nitro benzene ring substituents is 1. The van der Waals surface area contributed by atoms with Gasteiger partial charge in [0.15, 0.2) is 0 Å². The molecule has 1 aromatic carbocycles. The van der Waals surface area contributed by atoms with Crippen molar-refractivity contribution in [2.24, 2.45) is 28.8 Å². The highest BCUT2D eigenvalue weighted by molar-refractivity contribution is 6.06. The zero-order valence-electron chi connectivity index (χ0n) is 18.6. The van der Waals surface area contributed by atoms with Crippen LogP contribution in [0.1, 0.15) is 29.8 Å².